The van der Waals surface area contributed by atoms with Crippen LogP contribution in [0.4, 0.5) is 0 Å². The number of hydrogen-bond acceptors (Lipinski definition) is 5. The number of methoxy groups -OCH3 is 1. The average molecular weight is 414 g/mol. The number of aliphatic hydroxyl groups excluding tert-OH is 1. The monoisotopic (exact) mass is 413 g/mol. The first-order valence-corrected chi connectivity index (χ1v) is 10.6. The molecule has 27 heavy (non-hydrogen) atoms. The second-order valence-corrected chi connectivity index (χ2v) is 8.57. The molecule has 0 aliphatic carbocycles. The summed E-state index contributed by atoms with van der Waals surface area (Å²) in [7, 11) is -2.13. The number of hydrogen-bond donors (Lipinski definition) is 1. The van der Waals surface area contributed by atoms with Gasteiger partial charge in [-0.3, -0.25) is 0 Å². The zero-order valence-electron chi connectivity index (χ0n) is 15.1. The van der Waals surface area contributed by atoms with Gasteiger partial charge in [0.2, 0.25) is 10.0 Å². The van der Waals surface area contributed by atoms with Gasteiger partial charge in [-0.2, -0.15) is 4.31 Å². The van der Waals surface area contributed by atoms with Crippen molar-refractivity contribution in [2.24, 2.45) is 0 Å². The normalized spacial score (nSPS) is 12.9. The van der Waals surface area contributed by atoms with Gasteiger partial charge in [-0.25, -0.2) is 8.42 Å². The fourth-order valence-corrected chi connectivity index (χ4v) is 3.75. The van der Waals surface area contributed by atoms with Crippen LogP contribution in [-0.2, 0) is 27.9 Å². The standard InChI is InChI=1S/C19H24ClNO5S/c1-25-19-9-7-16(8-10-19)11-21(27(23,24)15-20)12-18(22)14-26-13-17-5-3-2-4-6-17/h2-10,18,22H,11-15H2,1H3. The van der Waals surface area contributed by atoms with E-state index in [9.17, 15) is 13.5 Å². The summed E-state index contributed by atoms with van der Waals surface area (Å²) < 4.78 is 36.3. The molecule has 1 unspecified atom stereocenters. The molecular weight excluding hydrogens is 390 g/mol. The van der Waals surface area contributed by atoms with Crippen molar-refractivity contribution in [2.75, 3.05) is 25.5 Å². The second kappa shape index (κ2) is 10.6. The minimum atomic E-state index is -3.69. The third-order valence-corrected chi connectivity index (χ3v) is 6.05. The summed E-state index contributed by atoms with van der Waals surface area (Å²) in [5, 5.41) is 9.67. The Hall–Kier alpha value is -1.64. The largest absolute Gasteiger partial charge is 0.497 e. The molecule has 0 fully saturated rings. The van der Waals surface area contributed by atoms with Gasteiger partial charge in [0.1, 0.15) is 11.0 Å². The van der Waals surface area contributed by atoms with Crippen LogP contribution in [0.1, 0.15) is 11.1 Å². The van der Waals surface area contributed by atoms with Gasteiger partial charge in [0.05, 0.1) is 26.4 Å². The van der Waals surface area contributed by atoms with E-state index in [0.29, 0.717) is 12.4 Å². The van der Waals surface area contributed by atoms with Crippen molar-refractivity contribution in [3.8, 4) is 5.75 Å². The van der Waals surface area contributed by atoms with Gasteiger partial charge in [-0.1, -0.05) is 42.5 Å². The minimum Gasteiger partial charge on any atom is -0.497 e. The number of nitrogens with zero attached hydrogens (tertiary/aromatic N) is 1. The Balaban J connectivity index is 1.94. The number of sulfonamides is 1. The number of alkyl halides is 1. The van der Waals surface area contributed by atoms with Crippen molar-refractivity contribution in [1.82, 2.24) is 4.31 Å². The lowest BCUT2D eigenvalue weighted by atomic mass is 10.2. The van der Waals surface area contributed by atoms with Crippen LogP contribution in [0, 0.1) is 0 Å². The van der Waals surface area contributed by atoms with E-state index in [2.05, 4.69) is 0 Å². The molecule has 2 aromatic rings. The lowest BCUT2D eigenvalue weighted by Gasteiger charge is -2.24. The highest BCUT2D eigenvalue weighted by atomic mass is 35.5. The van der Waals surface area contributed by atoms with Gasteiger partial charge in [-0.15, -0.1) is 11.6 Å². The maximum absolute atomic E-state index is 12.3. The predicted molar refractivity (Wildman–Crippen MR) is 105 cm³/mol. The zero-order valence-corrected chi connectivity index (χ0v) is 16.7. The molecule has 1 N–H and O–H groups in total. The van der Waals surface area contributed by atoms with E-state index in [-0.39, 0.29) is 19.7 Å². The minimum absolute atomic E-state index is 0.0197. The maximum Gasteiger partial charge on any atom is 0.228 e. The highest BCUT2D eigenvalue weighted by molar-refractivity contribution is 7.90. The lowest BCUT2D eigenvalue weighted by Crippen LogP contribution is -2.39. The van der Waals surface area contributed by atoms with Crippen LogP contribution in [0.5, 0.6) is 5.75 Å². The van der Waals surface area contributed by atoms with Crippen LogP contribution in [0.2, 0.25) is 0 Å². The van der Waals surface area contributed by atoms with Crippen LogP contribution < -0.4 is 4.74 Å². The summed E-state index contributed by atoms with van der Waals surface area (Å²) in [6, 6.07) is 16.6. The van der Waals surface area contributed by atoms with E-state index in [4.69, 9.17) is 21.1 Å². The van der Waals surface area contributed by atoms with Crippen LogP contribution >= 0.6 is 11.6 Å². The molecule has 8 heteroatoms. The Morgan fingerprint density at radius 1 is 1.07 bits per heavy atom. The Bertz CT molecular complexity index is 784. The summed E-state index contributed by atoms with van der Waals surface area (Å²) in [6.07, 6.45) is -0.968. The topological polar surface area (TPSA) is 76.1 Å². The summed E-state index contributed by atoms with van der Waals surface area (Å²) in [4.78, 5) is 0. The Morgan fingerprint density at radius 2 is 1.74 bits per heavy atom. The van der Waals surface area contributed by atoms with Crippen molar-refractivity contribution in [2.45, 2.75) is 19.3 Å². The number of rotatable bonds is 11. The van der Waals surface area contributed by atoms with Gasteiger partial charge in [-0.05, 0) is 23.3 Å². The van der Waals surface area contributed by atoms with Gasteiger partial charge in [0, 0.05) is 13.1 Å². The Labute approximate surface area is 165 Å². The molecule has 0 amide bonds. The molecule has 1 atom stereocenters. The molecule has 0 heterocycles. The molecule has 0 saturated heterocycles. The Kier molecular flexibility index (Phi) is 8.53. The molecule has 0 radical (unpaired) electrons. The van der Waals surface area contributed by atoms with E-state index in [1.165, 1.54) is 4.31 Å². The first kappa shape index (κ1) is 21.7. The van der Waals surface area contributed by atoms with Crippen molar-refractivity contribution in [1.29, 1.82) is 0 Å². The zero-order chi connectivity index (χ0) is 19.7. The van der Waals surface area contributed by atoms with E-state index in [1.807, 2.05) is 30.3 Å². The summed E-state index contributed by atoms with van der Waals surface area (Å²) in [6.45, 7) is 0.370. The molecule has 148 valence electrons. The number of halogens is 1. The van der Waals surface area contributed by atoms with Crippen molar-refractivity contribution in [3.63, 3.8) is 0 Å². The number of aliphatic hydroxyl groups is 1. The van der Waals surface area contributed by atoms with Crippen LogP contribution in [0.15, 0.2) is 54.6 Å². The van der Waals surface area contributed by atoms with E-state index in [1.54, 1.807) is 31.4 Å². The van der Waals surface area contributed by atoms with Crippen molar-refractivity contribution in [3.05, 3.63) is 65.7 Å². The molecule has 0 aliphatic heterocycles. The molecule has 0 bridgehead atoms. The highest BCUT2D eigenvalue weighted by Crippen LogP contribution is 2.16. The number of benzene rings is 2. The molecule has 0 aliphatic rings. The van der Waals surface area contributed by atoms with Gasteiger partial charge >= 0.3 is 0 Å². The quantitative estimate of drug-likeness (QED) is 0.573. The summed E-state index contributed by atoms with van der Waals surface area (Å²) >= 11 is 5.61. The first-order valence-electron chi connectivity index (χ1n) is 8.41. The molecule has 0 aromatic heterocycles. The third-order valence-electron chi connectivity index (χ3n) is 3.89. The lowest BCUT2D eigenvalue weighted by molar-refractivity contribution is 0.0197. The van der Waals surface area contributed by atoms with Crippen LogP contribution in [0.3, 0.4) is 0 Å². The first-order chi connectivity index (χ1) is 12.9. The van der Waals surface area contributed by atoms with E-state index >= 15 is 0 Å². The van der Waals surface area contributed by atoms with E-state index < -0.39 is 21.3 Å². The average Bonchev–Trinajstić information content (AvgIpc) is 2.69. The molecule has 2 aromatic carbocycles. The second-order valence-electron chi connectivity index (χ2n) is 6.02. The summed E-state index contributed by atoms with van der Waals surface area (Å²) in [5.74, 6) is 0.680. The fourth-order valence-electron chi connectivity index (χ4n) is 2.45. The molecule has 6 nitrogen and oxygen atoms in total. The summed E-state index contributed by atoms with van der Waals surface area (Å²) in [5.41, 5.74) is 1.75. The fraction of sp³-hybridized carbons (Fsp3) is 0.368. The van der Waals surface area contributed by atoms with Gasteiger partial charge in [0.15, 0.2) is 0 Å². The Morgan fingerprint density at radius 3 is 2.33 bits per heavy atom. The van der Waals surface area contributed by atoms with Gasteiger partial charge < -0.3 is 14.6 Å². The number of ether oxygens (including phenoxy) is 2. The van der Waals surface area contributed by atoms with Crippen molar-refractivity contribution < 1.29 is 23.0 Å². The van der Waals surface area contributed by atoms with Crippen LogP contribution in [-0.4, -0.2) is 49.4 Å². The van der Waals surface area contributed by atoms with Gasteiger partial charge in [0.25, 0.3) is 0 Å². The molecular formula is C19H24ClNO5S. The molecule has 2 rings (SSSR count). The van der Waals surface area contributed by atoms with Crippen LogP contribution in [0.25, 0.3) is 0 Å². The highest BCUT2D eigenvalue weighted by Gasteiger charge is 2.24. The smallest absolute Gasteiger partial charge is 0.228 e. The maximum atomic E-state index is 12.3. The third kappa shape index (κ3) is 7.12. The molecule has 0 spiro atoms. The molecule has 0 saturated carbocycles. The van der Waals surface area contributed by atoms with Crippen molar-refractivity contribution >= 4 is 21.6 Å². The predicted octanol–water partition coefficient (Wildman–Crippen LogP) is 2.60. The SMILES string of the molecule is COc1ccc(CN(CC(O)COCc2ccccc2)S(=O)(=O)CCl)cc1. The van der Waals surface area contributed by atoms with E-state index in [0.717, 1.165) is 11.1 Å².